The lowest BCUT2D eigenvalue weighted by Gasteiger charge is -2.07. The smallest absolute Gasteiger partial charge is 0.265 e. The minimum absolute atomic E-state index is 0.000988. The lowest BCUT2D eigenvalue weighted by atomic mass is 10.2. The van der Waals surface area contributed by atoms with E-state index in [4.69, 9.17) is 10.2 Å². The molecular weight excluding hydrogens is 283 g/mol. The molecule has 108 valence electrons. The molecule has 0 aliphatic heterocycles. The Balaban J connectivity index is 2.35. The molecule has 1 aromatic carbocycles. The number of sulfonamides is 1. The van der Waals surface area contributed by atoms with Crippen molar-refractivity contribution in [2.45, 2.75) is 25.3 Å². The van der Waals surface area contributed by atoms with Gasteiger partial charge in [0.05, 0.1) is 12.2 Å². The van der Waals surface area contributed by atoms with E-state index in [1.165, 1.54) is 25.1 Å². The molecule has 0 amide bonds. The maximum Gasteiger partial charge on any atom is 0.265 e. The summed E-state index contributed by atoms with van der Waals surface area (Å²) in [5, 5.41) is 0. The highest BCUT2D eigenvalue weighted by Crippen LogP contribution is 2.23. The zero-order chi connectivity index (χ0) is 14.9. The van der Waals surface area contributed by atoms with Gasteiger partial charge in [0, 0.05) is 6.07 Å². The molecule has 5 nitrogen and oxygen atoms in total. The van der Waals surface area contributed by atoms with E-state index in [0.29, 0.717) is 11.3 Å². The Hall–Kier alpha value is -1.86. The van der Waals surface area contributed by atoms with Gasteiger partial charge in [0.1, 0.15) is 22.2 Å². The second kappa shape index (κ2) is 5.26. The Kier molecular flexibility index (Phi) is 3.82. The van der Waals surface area contributed by atoms with Crippen molar-refractivity contribution >= 4 is 15.7 Å². The number of nitrogens with two attached hydrogens (primary N) is 1. The average molecular weight is 298 g/mol. The highest BCUT2D eigenvalue weighted by atomic mass is 32.2. The summed E-state index contributed by atoms with van der Waals surface area (Å²) in [6, 6.07) is 5.49. The summed E-state index contributed by atoms with van der Waals surface area (Å²) in [6.07, 6.45) is 0. The second-order valence-corrected chi connectivity index (χ2v) is 6.06. The molecular formula is C13H15FN2O3S. The minimum atomic E-state index is -3.83. The van der Waals surface area contributed by atoms with Gasteiger partial charge < -0.3 is 10.2 Å². The van der Waals surface area contributed by atoms with Crippen LogP contribution in [-0.4, -0.2) is 8.42 Å². The van der Waals surface area contributed by atoms with Gasteiger partial charge in [0.2, 0.25) is 0 Å². The van der Waals surface area contributed by atoms with Crippen LogP contribution in [-0.2, 0) is 16.6 Å². The lowest BCUT2D eigenvalue weighted by Crippen LogP contribution is -2.13. The molecule has 2 aromatic rings. The predicted molar refractivity (Wildman–Crippen MR) is 73.3 cm³/mol. The van der Waals surface area contributed by atoms with Crippen molar-refractivity contribution in [2.75, 3.05) is 4.72 Å². The van der Waals surface area contributed by atoms with E-state index in [1.807, 2.05) is 0 Å². The summed E-state index contributed by atoms with van der Waals surface area (Å²) in [4.78, 5) is -0.000988. The third-order valence-electron chi connectivity index (χ3n) is 2.84. The van der Waals surface area contributed by atoms with Crippen LogP contribution in [0, 0.1) is 19.7 Å². The molecule has 0 atom stereocenters. The van der Waals surface area contributed by atoms with Gasteiger partial charge in [0.15, 0.2) is 0 Å². The Morgan fingerprint density at radius 2 is 2.00 bits per heavy atom. The molecule has 0 fully saturated rings. The summed E-state index contributed by atoms with van der Waals surface area (Å²) in [5.74, 6) is 0.139. The minimum Gasteiger partial charge on any atom is -0.464 e. The number of hydrogen-bond acceptors (Lipinski definition) is 4. The standard InChI is InChI=1S/C13H15FN2O3S/c1-8-3-4-10(5-12(8)14)16-20(17,18)13-6-11(7-15)19-9(13)2/h3-6,16H,7,15H2,1-2H3. The fourth-order valence-corrected chi connectivity index (χ4v) is 3.01. The van der Waals surface area contributed by atoms with E-state index in [1.54, 1.807) is 6.92 Å². The Morgan fingerprint density at radius 1 is 1.30 bits per heavy atom. The highest BCUT2D eigenvalue weighted by Gasteiger charge is 2.21. The fourth-order valence-electron chi connectivity index (χ4n) is 1.76. The van der Waals surface area contributed by atoms with Gasteiger partial charge in [-0.05, 0) is 31.5 Å². The summed E-state index contributed by atoms with van der Waals surface area (Å²) in [5.41, 5.74) is 6.00. The highest BCUT2D eigenvalue weighted by molar-refractivity contribution is 7.92. The summed E-state index contributed by atoms with van der Waals surface area (Å²) < 4.78 is 45.4. The Labute approximate surface area is 116 Å². The number of benzene rings is 1. The first kappa shape index (κ1) is 14.5. The van der Waals surface area contributed by atoms with E-state index >= 15 is 0 Å². The van der Waals surface area contributed by atoms with E-state index in [-0.39, 0.29) is 22.9 Å². The fraction of sp³-hybridized carbons (Fsp3) is 0.231. The van der Waals surface area contributed by atoms with Crippen molar-refractivity contribution in [3.63, 3.8) is 0 Å². The van der Waals surface area contributed by atoms with Crippen LogP contribution in [0.15, 0.2) is 33.6 Å². The number of halogens is 1. The number of nitrogens with one attached hydrogen (secondary N) is 1. The van der Waals surface area contributed by atoms with E-state index in [0.717, 1.165) is 6.07 Å². The zero-order valence-electron chi connectivity index (χ0n) is 11.1. The van der Waals surface area contributed by atoms with E-state index < -0.39 is 15.8 Å². The first-order chi connectivity index (χ1) is 9.33. The van der Waals surface area contributed by atoms with Crippen LogP contribution in [0.2, 0.25) is 0 Å². The molecule has 0 saturated heterocycles. The van der Waals surface area contributed by atoms with Crippen LogP contribution in [0.25, 0.3) is 0 Å². The largest absolute Gasteiger partial charge is 0.464 e. The van der Waals surface area contributed by atoms with Crippen molar-refractivity contribution in [3.8, 4) is 0 Å². The SMILES string of the molecule is Cc1ccc(NS(=O)(=O)c2cc(CN)oc2C)cc1F. The molecule has 0 bridgehead atoms. The van der Waals surface area contributed by atoms with Gasteiger partial charge >= 0.3 is 0 Å². The number of aryl methyl sites for hydroxylation is 2. The summed E-state index contributed by atoms with van der Waals surface area (Å²) >= 11 is 0. The van der Waals surface area contributed by atoms with Crippen LogP contribution >= 0.6 is 0 Å². The third kappa shape index (κ3) is 2.83. The summed E-state index contributed by atoms with van der Waals surface area (Å²) in [7, 11) is -3.83. The average Bonchev–Trinajstić information content (AvgIpc) is 2.76. The van der Waals surface area contributed by atoms with Gasteiger partial charge in [-0.1, -0.05) is 6.07 Å². The van der Waals surface area contributed by atoms with Gasteiger partial charge in [-0.2, -0.15) is 0 Å². The van der Waals surface area contributed by atoms with E-state index in [9.17, 15) is 12.8 Å². The third-order valence-corrected chi connectivity index (χ3v) is 4.33. The first-order valence-electron chi connectivity index (χ1n) is 5.92. The molecule has 3 N–H and O–H groups in total. The second-order valence-electron chi connectivity index (χ2n) is 4.41. The molecule has 0 aliphatic carbocycles. The molecule has 20 heavy (non-hydrogen) atoms. The monoisotopic (exact) mass is 298 g/mol. The first-order valence-corrected chi connectivity index (χ1v) is 7.40. The zero-order valence-corrected chi connectivity index (χ0v) is 11.9. The molecule has 1 aromatic heterocycles. The maximum absolute atomic E-state index is 13.4. The molecule has 2 rings (SSSR count). The van der Waals surface area contributed by atoms with Crippen molar-refractivity contribution in [1.29, 1.82) is 0 Å². The van der Waals surface area contributed by atoms with Gasteiger partial charge in [-0.3, -0.25) is 4.72 Å². The van der Waals surface area contributed by atoms with Crippen molar-refractivity contribution in [1.82, 2.24) is 0 Å². The van der Waals surface area contributed by atoms with Crippen molar-refractivity contribution in [3.05, 3.63) is 47.2 Å². The van der Waals surface area contributed by atoms with E-state index in [2.05, 4.69) is 4.72 Å². The van der Waals surface area contributed by atoms with Crippen LogP contribution in [0.1, 0.15) is 17.1 Å². The van der Waals surface area contributed by atoms with Gasteiger partial charge in [-0.25, -0.2) is 12.8 Å². The normalized spacial score (nSPS) is 11.6. The van der Waals surface area contributed by atoms with Crippen LogP contribution in [0.5, 0.6) is 0 Å². The molecule has 0 radical (unpaired) electrons. The molecule has 0 saturated carbocycles. The quantitative estimate of drug-likeness (QED) is 0.907. The van der Waals surface area contributed by atoms with Gasteiger partial charge in [-0.15, -0.1) is 0 Å². The molecule has 0 spiro atoms. The molecule has 0 unspecified atom stereocenters. The predicted octanol–water partition coefficient (Wildman–Crippen LogP) is 2.30. The Bertz CT molecular complexity index is 738. The van der Waals surface area contributed by atoms with Crippen molar-refractivity contribution < 1.29 is 17.2 Å². The van der Waals surface area contributed by atoms with Gasteiger partial charge in [0.25, 0.3) is 10.0 Å². The lowest BCUT2D eigenvalue weighted by molar-refractivity contribution is 0.479. The number of rotatable bonds is 4. The topological polar surface area (TPSA) is 85.3 Å². The molecule has 7 heteroatoms. The number of furan rings is 1. The molecule has 1 heterocycles. The van der Waals surface area contributed by atoms with Crippen LogP contribution in [0.3, 0.4) is 0 Å². The van der Waals surface area contributed by atoms with Crippen LogP contribution in [0.4, 0.5) is 10.1 Å². The summed E-state index contributed by atoms with van der Waals surface area (Å²) in [6.45, 7) is 3.24. The van der Waals surface area contributed by atoms with Crippen LogP contribution < -0.4 is 10.5 Å². The van der Waals surface area contributed by atoms with Crippen molar-refractivity contribution in [2.24, 2.45) is 5.73 Å². The maximum atomic E-state index is 13.4. The Morgan fingerprint density at radius 3 is 2.55 bits per heavy atom. The number of anilines is 1. The number of hydrogen-bond donors (Lipinski definition) is 2. The molecule has 0 aliphatic rings.